The topological polar surface area (TPSA) is 26.8 Å². The lowest BCUT2D eigenvalue weighted by molar-refractivity contribution is -0.133. The summed E-state index contributed by atoms with van der Waals surface area (Å²) in [6.07, 6.45) is 2.71. The van der Waals surface area contributed by atoms with Crippen molar-refractivity contribution in [3.05, 3.63) is 108 Å². The first kappa shape index (κ1) is 23.8. The van der Waals surface area contributed by atoms with Crippen molar-refractivity contribution in [3.63, 3.8) is 0 Å². The van der Waals surface area contributed by atoms with Gasteiger partial charge in [-0.2, -0.15) is 0 Å². The molecule has 4 heteroatoms. The van der Waals surface area contributed by atoms with Gasteiger partial charge in [0.2, 0.25) is 5.91 Å². The molecule has 2 aliphatic rings. The Balaban J connectivity index is 1.13. The van der Waals surface area contributed by atoms with Gasteiger partial charge in [0.15, 0.2) is 0 Å². The molecule has 0 bridgehead atoms. The third kappa shape index (κ3) is 6.01. The SMILES string of the molecule is O=C1CCC(c2ccccc2)CN1CCCN1CCN(C(c2ccccc2)c2ccccc2)CC1. The third-order valence-corrected chi connectivity index (χ3v) is 7.68. The molecule has 4 nitrogen and oxygen atoms in total. The summed E-state index contributed by atoms with van der Waals surface area (Å²) < 4.78 is 0. The van der Waals surface area contributed by atoms with E-state index in [0.717, 1.165) is 58.7 Å². The maximum Gasteiger partial charge on any atom is 0.222 e. The number of carbonyl (C=O) groups excluding carboxylic acids is 1. The molecule has 182 valence electrons. The van der Waals surface area contributed by atoms with Gasteiger partial charge in [-0.3, -0.25) is 9.69 Å². The van der Waals surface area contributed by atoms with Crippen molar-refractivity contribution >= 4 is 5.91 Å². The number of hydrogen-bond donors (Lipinski definition) is 0. The fraction of sp³-hybridized carbons (Fsp3) is 0.387. The molecule has 2 saturated heterocycles. The highest BCUT2D eigenvalue weighted by Gasteiger charge is 2.28. The van der Waals surface area contributed by atoms with Crippen LogP contribution in [0.4, 0.5) is 0 Å². The van der Waals surface area contributed by atoms with Gasteiger partial charge in [0.1, 0.15) is 0 Å². The van der Waals surface area contributed by atoms with Crippen molar-refractivity contribution in [2.45, 2.75) is 31.2 Å². The molecule has 5 rings (SSSR count). The summed E-state index contributed by atoms with van der Waals surface area (Å²) in [5.41, 5.74) is 4.10. The van der Waals surface area contributed by atoms with Crippen LogP contribution in [0.5, 0.6) is 0 Å². The Morgan fingerprint density at radius 3 is 1.89 bits per heavy atom. The normalized spacial score (nSPS) is 19.9. The Labute approximate surface area is 210 Å². The molecule has 3 aromatic rings. The quantitative estimate of drug-likeness (QED) is 0.456. The molecule has 2 fully saturated rings. The van der Waals surface area contributed by atoms with Crippen LogP contribution in [-0.2, 0) is 4.79 Å². The number of amides is 1. The van der Waals surface area contributed by atoms with Gasteiger partial charge in [-0.1, -0.05) is 91.0 Å². The monoisotopic (exact) mass is 467 g/mol. The van der Waals surface area contributed by atoms with Crippen molar-refractivity contribution in [3.8, 4) is 0 Å². The average Bonchev–Trinajstić information content (AvgIpc) is 2.92. The summed E-state index contributed by atoms with van der Waals surface area (Å²) in [7, 11) is 0. The van der Waals surface area contributed by atoms with Crippen LogP contribution in [0.1, 0.15) is 47.9 Å². The second-order valence-electron chi connectivity index (χ2n) is 9.94. The number of carbonyl (C=O) groups is 1. The van der Waals surface area contributed by atoms with Gasteiger partial charge < -0.3 is 9.80 Å². The molecular formula is C31H37N3O. The third-order valence-electron chi connectivity index (χ3n) is 7.68. The Kier molecular flexibility index (Phi) is 7.92. The van der Waals surface area contributed by atoms with Crippen molar-refractivity contribution < 1.29 is 4.79 Å². The molecule has 0 aliphatic carbocycles. The maximum absolute atomic E-state index is 12.5. The van der Waals surface area contributed by atoms with Crippen LogP contribution < -0.4 is 0 Å². The van der Waals surface area contributed by atoms with Crippen LogP contribution in [0.15, 0.2) is 91.0 Å². The fourth-order valence-corrected chi connectivity index (χ4v) is 5.74. The number of piperidine rings is 1. The van der Waals surface area contributed by atoms with E-state index in [1.807, 2.05) is 0 Å². The van der Waals surface area contributed by atoms with Crippen LogP contribution in [0.25, 0.3) is 0 Å². The maximum atomic E-state index is 12.5. The predicted molar refractivity (Wildman–Crippen MR) is 142 cm³/mol. The number of piperazine rings is 1. The van der Waals surface area contributed by atoms with Crippen LogP contribution >= 0.6 is 0 Å². The van der Waals surface area contributed by atoms with E-state index in [9.17, 15) is 4.79 Å². The number of benzene rings is 3. The van der Waals surface area contributed by atoms with Crippen LogP contribution in [-0.4, -0.2) is 66.4 Å². The molecule has 1 atom stereocenters. The van der Waals surface area contributed by atoms with Crippen molar-refractivity contribution in [1.82, 2.24) is 14.7 Å². The van der Waals surface area contributed by atoms with E-state index >= 15 is 0 Å². The van der Waals surface area contributed by atoms with E-state index in [1.165, 1.54) is 16.7 Å². The molecule has 2 aliphatic heterocycles. The highest BCUT2D eigenvalue weighted by atomic mass is 16.2. The summed E-state index contributed by atoms with van der Waals surface area (Å²) in [5.74, 6) is 0.806. The molecule has 1 amide bonds. The summed E-state index contributed by atoms with van der Waals surface area (Å²) in [4.78, 5) is 19.9. The molecule has 0 spiro atoms. The molecule has 35 heavy (non-hydrogen) atoms. The molecule has 1 unspecified atom stereocenters. The number of nitrogens with zero attached hydrogens (tertiary/aromatic N) is 3. The lowest BCUT2D eigenvalue weighted by Gasteiger charge is -2.40. The van der Waals surface area contributed by atoms with Gasteiger partial charge >= 0.3 is 0 Å². The van der Waals surface area contributed by atoms with Gasteiger partial charge in [0.05, 0.1) is 6.04 Å². The Bertz CT molecular complexity index is 1010. The van der Waals surface area contributed by atoms with E-state index in [2.05, 4.69) is 106 Å². The Morgan fingerprint density at radius 2 is 1.29 bits per heavy atom. The second-order valence-corrected chi connectivity index (χ2v) is 9.94. The first-order chi connectivity index (χ1) is 17.3. The Hall–Kier alpha value is -2.95. The highest BCUT2D eigenvalue weighted by molar-refractivity contribution is 5.77. The van der Waals surface area contributed by atoms with Crippen molar-refractivity contribution in [2.75, 3.05) is 45.8 Å². The van der Waals surface area contributed by atoms with Gasteiger partial charge in [-0.05, 0) is 36.1 Å². The lowest BCUT2D eigenvalue weighted by atomic mass is 9.90. The minimum Gasteiger partial charge on any atom is -0.342 e. The number of likely N-dealkylation sites (tertiary alicyclic amines) is 1. The Morgan fingerprint density at radius 1 is 0.714 bits per heavy atom. The molecular weight excluding hydrogens is 430 g/mol. The zero-order valence-corrected chi connectivity index (χ0v) is 20.6. The lowest BCUT2D eigenvalue weighted by Crippen LogP contribution is -2.48. The molecule has 0 radical (unpaired) electrons. The van der Waals surface area contributed by atoms with Crippen molar-refractivity contribution in [1.29, 1.82) is 0 Å². The number of hydrogen-bond acceptors (Lipinski definition) is 3. The fourth-order valence-electron chi connectivity index (χ4n) is 5.74. The van der Waals surface area contributed by atoms with Gasteiger partial charge in [0.25, 0.3) is 0 Å². The summed E-state index contributed by atoms with van der Waals surface area (Å²) in [6, 6.07) is 32.8. The minimum absolute atomic E-state index is 0.306. The standard InChI is InChI=1S/C31H37N3O/c35-30-18-17-29(26-11-4-1-5-12-26)25-34(30)20-10-19-32-21-23-33(24-22-32)31(27-13-6-2-7-14-27)28-15-8-3-9-16-28/h1-9,11-16,29,31H,10,17-25H2. The molecule has 2 heterocycles. The zero-order chi connectivity index (χ0) is 23.9. The van der Waals surface area contributed by atoms with E-state index < -0.39 is 0 Å². The second kappa shape index (κ2) is 11.7. The minimum atomic E-state index is 0.306. The van der Waals surface area contributed by atoms with E-state index in [4.69, 9.17) is 0 Å². The van der Waals surface area contributed by atoms with Gasteiger partial charge in [0, 0.05) is 51.6 Å². The average molecular weight is 468 g/mol. The molecule has 0 saturated carbocycles. The summed E-state index contributed by atoms with van der Waals surface area (Å²) >= 11 is 0. The molecule has 0 N–H and O–H groups in total. The van der Waals surface area contributed by atoms with Crippen LogP contribution in [0.2, 0.25) is 0 Å². The first-order valence-electron chi connectivity index (χ1n) is 13.2. The van der Waals surface area contributed by atoms with Crippen molar-refractivity contribution in [2.24, 2.45) is 0 Å². The van der Waals surface area contributed by atoms with Gasteiger partial charge in [-0.25, -0.2) is 0 Å². The largest absolute Gasteiger partial charge is 0.342 e. The van der Waals surface area contributed by atoms with E-state index in [0.29, 0.717) is 24.3 Å². The molecule has 0 aromatic heterocycles. The first-order valence-corrected chi connectivity index (χ1v) is 13.2. The predicted octanol–water partition coefficient (Wildman–Crippen LogP) is 5.19. The zero-order valence-electron chi connectivity index (χ0n) is 20.6. The van der Waals surface area contributed by atoms with Crippen LogP contribution in [0.3, 0.4) is 0 Å². The highest BCUT2D eigenvalue weighted by Crippen LogP contribution is 2.30. The van der Waals surface area contributed by atoms with Gasteiger partial charge in [-0.15, -0.1) is 0 Å². The van der Waals surface area contributed by atoms with Crippen LogP contribution in [0, 0.1) is 0 Å². The molecule has 3 aromatic carbocycles. The smallest absolute Gasteiger partial charge is 0.222 e. The van der Waals surface area contributed by atoms with E-state index in [-0.39, 0.29) is 0 Å². The summed E-state index contributed by atoms with van der Waals surface area (Å²) in [5, 5.41) is 0. The summed E-state index contributed by atoms with van der Waals surface area (Å²) in [6.45, 7) is 7.09. The number of rotatable bonds is 8. The van der Waals surface area contributed by atoms with E-state index in [1.54, 1.807) is 0 Å².